The molecule has 1 aromatic rings. The van der Waals surface area contributed by atoms with E-state index >= 15 is 0 Å². The molecule has 11 heteroatoms. The minimum absolute atomic E-state index is 0.0364. The van der Waals surface area contributed by atoms with Gasteiger partial charge in [0.2, 0.25) is 11.8 Å². The number of nitrogens with two attached hydrogens (primary N) is 1. The smallest absolute Gasteiger partial charge is 0.480 e. The van der Waals surface area contributed by atoms with Gasteiger partial charge in [-0.15, -0.1) is 0 Å². The summed E-state index contributed by atoms with van der Waals surface area (Å²) in [6, 6.07) is 5.77. The Labute approximate surface area is 208 Å². The Balaban J connectivity index is 1.93. The zero-order valence-corrected chi connectivity index (χ0v) is 20.5. The quantitative estimate of drug-likeness (QED) is 0.0619. The van der Waals surface area contributed by atoms with Crippen LogP contribution in [0.5, 0.6) is 0 Å². The van der Waals surface area contributed by atoms with E-state index in [4.69, 9.17) is 10.9 Å². The summed E-state index contributed by atoms with van der Waals surface area (Å²) in [7, 11) is -1.55. The molecule has 10 nitrogen and oxygen atoms in total. The third-order valence-electron chi connectivity index (χ3n) is 5.77. The molecule has 0 spiro atoms. The zero-order chi connectivity index (χ0) is 25.9. The van der Waals surface area contributed by atoms with E-state index in [1.165, 1.54) is 0 Å². The maximum atomic E-state index is 12.0. The van der Waals surface area contributed by atoms with Crippen molar-refractivity contribution in [1.29, 1.82) is 0 Å². The summed E-state index contributed by atoms with van der Waals surface area (Å²) in [5.74, 6) is 4.16. The van der Waals surface area contributed by atoms with Crippen LogP contribution in [0.3, 0.4) is 0 Å². The number of benzene rings is 1. The monoisotopic (exact) mass is 492 g/mol. The van der Waals surface area contributed by atoms with Crippen molar-refractivity contribution >= 4 is 36.1 Å². The van der Waals surface area contributed by atoms with Gasteiger partial charge in [-0.1, -0.05) is 50.7 Å². The minimum Gasteiger partial charge on any atom is -0.480 e. The maximum Gasteiger partial charge on any atom is 0.488 e. The molecule has 1 unspecified atom stereocenters. The summed E-state index contributed by atoms with van der Waals surface area (Å²) >= 11 is 0. The molecule has 1 aromatic carbocycles. The predicted molar refractivity (Wildman–Crippen MR) is 137 cm³/mol. The van der Waals surface area contributed by atoms with Crippen molar-refractivity contribution in [3.05, 3.63) is 24.3 Å². The van der Waals surface area contributed by atoms with Crippen LogP contribution in [0.25, 0.3) is 0 Å². The number of anilines is 1. The second kappa shape index (κ2) is 18.8. The van der Waals surface area contributed by atoms with E-state index < -0.39 is 19.1 Å². The molecule has 0 saturated heterocycles. The van der Waals surface area contributed by atoms with Crippen LogP contribution < -0.4 is 27.4 Å². The Hall–Kier alpha value is -2.47. The van der Waals surface area contributed by atoms with Crippen molar-refractivity contribution in [2.24, 2.45) is 5.84 Å². The van der Waals surface area contributed by atoms with Gasteiger partial charge < -0.3 is 25.8 Å². The number of carbonyl (C=O) groups is 3. The van der Waals surface area contributed by atoms with Crippen LogP contribution in [0, 0.1) is 0 Å². The largest absolute Gasteiger partial charge is 0.488 e. The van der Waals surface area contributed by atoms with Crippen LogP contribution in [-0.2, 0) is 14.4 Å². The van der Waals surface area contributed by atoms with Gasteiger partial charge in [0, 0.05) is 25.1 Å². The Bertz CT molecular complexity index is 765. The van der Waals surface area contributed by atoms with E-state index in [1.807, 2.05) is 0 Å². The third-order valence-corrected chi connectivity index (χ3v) is 5.77. The fourth-order valence-corrected chi connectivity index (χ4v) is 3.70. The molecule has 2 amide bonds. The number of carboxylic acid groups (broad SMARTS) is 1. The number of amides is 2. The highest BCUT2D eigenvalue weighted by molar-refractivity contribution is 6.58. The van der Waals surface area contributed by atoms with Gasteiger partial charge >= 0.3 is 13.1 Å². The lowest BCUT2D eigenvalue weighted by atomic mass is 9.80. The fourth-order valence-electron chi connectivity index (χ4n) is 3.70. The summed E-state index contributed by atoms with van der Waals surface area (Å²) in [5, 5.41) is 32.9. The number of carbonyl (C=O) groups excluding carboxylic acids is 2. The number of unbranched alkanes of at least 4 members (excludes halogenated alkanes) is 8. The van der Waals surface area contributed by atoms with Gasteiger partial charge in [0.15, 0.2) is 0 Å². The standard InChI is InChI=1S/C24H41BN4O6/c26-29-21(24(32)33)14-9-10-17-27-22(30)15-7-5-3-1-2-4-6-8-16-23(31)28-20-13-11-12-19(18-20)25(34)35/h11-13,18,21,29,34-35H,1-10,14-17,26H2,(H,27,30)(H,28,31)(H,32,33). The molecule has 1 atom stereocenters. The third kappa shape index (κ3) is 15.2. The first kappa shape index (κ1) is 30.6. The van der Waals surface area contributed by atoms with Crippen molar-refractivity contribution in [2.45, 2.75) is 89.5 Å². The number of aliphatic carboxylic acids is 1. The van der Waals surface area contributed by atoms with Crippen LogP contribution in [0.15, 0.2) is 24.3 Å². The number of rotatable bonds is 20. The summed E-state index contributed by atoms with van der Waals surface area (Å²) in [6.07, 6.45) is 10.8. The highest BCUT2D eigenvalue weighted by Crippen LogP contribution is 2.12. The molecule has 196 valence electrons. The van der Waals surface area contributed by atoms with Gasteiger partial charge in [-0.2, -0.15) is 0 Å². The molecular formula is C24H41BN4O6. The van der Waals surface area contributed by atoms with Gasteiger partial charge in [-0.05, 0) is 49.7 Å². The molecule has 0 bridgehead atoms. The maximum absolute atomic E-state index is 12.0. The average Bonchev–Trinajstić information content (AvgIpc) is 2.82. The van der Waals surface area contributed by atoms with E-state index in [0.29, 0.717) is 43.4 Å². The molecule has 0 aliphatic rings. The van der Waals surface area contributed by atoms with E-state index in [1.54, 1.807) is 24.3 Å². The summed E-state index contributed by atoms with van der Waals surface area (Å²) in [4.78, 5) is 34.7. The van der Waals surface area contributed by atoms with Gasteiger partial charge in [-0.3, -0.25) is 20.2 Å². The van der Waals surface area contributed by atoms with E-state index in [2.05, 4.69) is 16.1 Å². The van der Waals surface area contributed by atoms with Crippen molar-refractivity contribution < 1.29 is 29.5 Å². The molecule has 0 aliphatic heterocycles. The van der Waals surface area contributed by atoms with Crippen LogP contribution in [0.1, 0.15) is 83.5 Å². The van der Waals surface area contributed by atoms with Crippen molar-refractivity contribution in [3.63, 3.8) is 0 Å². The van der Waals surface area contributed by atoms with Gasteiger partial charge in [0.1, 0.15) is 6.04 Å². The topological polar surface area (TPSA) is 174 Å². The van der Waals surface area contributed by atoms with Gasteiger partial charge in [0.25, 0.3) is 0 Å². The fraction of sp³-hybridized carbons (Fsp3) is 0.625. The van der Waals surface area contributed by atoms with Crippen LogP contribution >= 0.6 is 0 Å². The summed E-state index contributed by atoms with van der Waals surface area (Å²) < 4.78 is 0. The first-order valence-corrected chi connectivity index (χ1v) is 12.5. The van der Waals surface area contributed by atoms with E-state index in [0.717, 1.165) is 57.8 Å². The SMILES string of the molecule is NNC(CCCCNC(=O)CCCCCCCCCCC(=O)Nc1cccc(B(O)O)c1)C(=O)O. The highest BCUT2D eigenvalue weighted by Gasteiger charge is 2.14. The molecule has 0 aliphatic carbocycles. The number of nitrogens with one attached hydrogen (secondary N) is 3. The molecule has 0 radical (unpaired) electrons. The van der Waals surface area contributed by atoms with Crippen LogP contribution in [-0.4, -0.2) is 52.6 Å². The normalized spacial score (nSPS) is 11.6. The molecule has 0 saturated carbocycles. The van der Waals surface area contributed by atoms with Crippen molar-refractivity contribution in [2.75, 3.05) is 11.9 Å². The molecule has 35 heavy (non-hydrogen) atoms. The highest BCUT2D eigenvalue weighted by atomic mass is 16.4. The predicted octanol–water partition coefficient (Wildman–Crippen LogP) is 1.41. The summed E-state index contributed by atoms with van der Waals surface area (Å²) in [6.45, 7) is 0.548. The Morgan fingerprint density at radius 3 is 2.03 bits per heavy atom. The first-order chi connectivity index (χ1) is 16.8. The van der Waals surface area contributed by atoms with Crippen molar-refractivity contribution in [1.82, 2.24) is 10.7 Å². The molecule has 0 fully saturated rings. The Morgan fingerprint density at radius 1 is 0.857 bits per heavy atom. The minimum atomic E-state index is -1.55. The van der Waals surface area contributed by atoms with Gasteiger partial charge in [-0.25, -0.2) is 5.43 Å². The van der Waals surface area contributed by atoms with Crippen LogP contribution in [0.4, 0.5) is 5.69 Å². The first-order valence-electron chi connectivity index (χ1n) is 12.5. The van der Waals surface area contributed by atoms with Gasteiger partial charge in [0.05, 0.1) is 0 Å². The number of carboxylic acids is 1. The zero-order valence-electron chi connectivity index (χ0n) is 20.5. The molecular weight excluding hydrogens is 451 g/mol. The Morgan fingerprint density at radius 2 is 1.46 bits per heavy atom. The number of hydrogen-bond donors (Lipinski definition) is 7. The van der Waals surface area contributed by atoms with E-state index in [-0.39, 0.29) is 11.8 Å². The van der Waals surface area contributed by atoms with Crippen molar-refractivity contribution in [3.8, 4) is 0 Å². The van der Waals surface area contributed by atoms with E-state index in [9.17, 15) is 24.4 Å². The summed E-state index contributed by atoms with van der Waals surface area (Å²) in [5.41, 5.74) is 3.16. The lowest BCUT2D eigenvalue weighted by Crippen LogP contribution is -2.41. The molecule has 0 heterocycles. The Kier molecular flexibility index (Phi) is 16.4. The van der Waals surface area contributed by atoms with Crippen LogP contribution in [0.2, 0.25) is 0 Å². The second-order valence-electron chi connectivity index (χ2n) is 8.78. The lowest BCUT2D eigenvalue weighted by Gasteiger charge is -2.10. The molecule has 8 N–H and O–H groups in total. The second-order valence-corrected chi connectivity index (χ2v) is 8.78. The number of hydrazine groups is 1. The molecule has 0 aromatic heterocycles. The molecule has 1 rings (SSSR count). The average molecular weight is 492 g/mol. The lowest BCUT2D eigenvalue weighted by molar-refractivity contribution is -0.139. The number of hydrogen-bond acceptors (Lipinski definition) is 7.